The maximum atomic E-state index is 13.2. The quantitative estimate of drug-likeness (QED) is 0.782. The van der Waals surface area contributed by atoms with Gasteiger partial charge >= 0.3 is 0 Å². The Bertz CT molecular complexity index is 343. The molecule has 5 heteroatoms. The van der Waals surface area contributed by atoms with Crippen molar-refractivity contribution >= 4 is 22.7 Å². The first-order chi connectivity index (χ1) is 6.04. The molecule has 1 aromatic carbocycles. The third-order valence-electron chi connectivity index (χ3n) is 1.72. The zero-order valence-corrected chi connectivity index (χ0v) is 8.40. The van der Waals surface area contributed by atoms with Crippen LogP contribution in [-0.4, -0.2) is 8.76 Å². The molecule has 2 unspecified atom stereocenters. The molecule has 13 heavy (non-hydrogen) atoms. The van der Waals surface area contributed by atoms with Crippen molar-refractivity contribution in [3.8, 4) is 0 Å². The molecule has 0 aliphatic heterocycles. The normalized spacial score (nSPS) is 15.4. The van der Waals surface area contributed by atoms with Crippen molar-refractivity contribution in [2.24, 2.45) is 0 Å². The van der Waals surface area contributed by atoms with Gasteiger partial charge in [-0.25, -0.2) is 8.60 Å². The average molecular weight is 223 g/mol. The highest BCUT2D eigenvalue weighted by Gasteiger charge is 2.17. The monoisotopic (exact) mass is 222 g/mol. The van der Waals surface area contributed by atoms with Crippen molar-refractivity contribution in [1.29, 1.82) is 0 Å². The van der Waals surface area contributed by atoms with Gasteiger partial charge in [0, 0.05) is 5.56 Å². The summed E-state index contributed by atoms with van der Waals surface area (Å²) in [5, 5.41) is -0.798. The largest absolute Gasteiger partial charge is 0.306 e. The summed E-state index contributed by atoms with van der Waals surface area (Å²) < 4.78 is 32.7. The third-order valence-corrected chi connectivity index (χ3v) is 2.87. The molecule has 0 bridgehead atoms. The number of rotatable bonds is 2. The molecule has 1 aromatic rings. The van der Waals surface area contributed by atoms with Crippen LogP contribution in [0.4, 0.5) is 4.39 Å². The van der Waals surface area contributed by atoms with Gasteiger partial charge in [-0.15, -0.1) is 0 Å². The van der Waals surface area contributed by atoms with Gasteiger partial charge in [-0.2, -0.15) is 0 Å². The van der Waals surface area contributed by atoms with Crippen LogP contribution < -0.4 is 0 Å². The standard InChI is InChI=1S/C8H8ClFO2S/c1-5(13(11)12)6-3-2-4-7(9)8(6)10/h2-5H,1H3,(H,11,12). The summed E-state index contributed by atoms with van der Waals surface area (Å²) in [6.45, 7) is 1.46. The Morgan fingerprint density at radius 2 is 2.23 bits per heavy atom. The summed E-state index contributed by atoms with van der Waals surface area (Å²) in [7, 11) is 0. The summed E-state index contributed by atoms with van der Waals surface area (Å²) in [5.74, 6) is -0.626. The Morgan fingerprint density at radius 3 is 2.77 bits per heavy atom. The second-order valence-corrected chi connectivity index (χ2v) is 4.23. The van der Waals surface area contributed by atoms with Gasteiger partial charge in [0.25, 0.3) is 0 Å². The number of hydrogen-bond acceptors (Lipinski definition) is 1. The summed E-state index contributed by atoms with van der Waals surface area (Å²) in [4.78, 5) is 0. The number of halogens is 2. The van der Waals surface area contributed by atoms with Crippen LogP contribution >= 0.6 is 11.6 Å². The van der Waals surface area contributed by atoms with E-state index in [-0.39, 0.29) is 10.6 Å². The van der Waals surface area contributed by atoms with E-state index < -0.39 is 22.1 Å². The minimum Gasteiger partial charge on any atom is -0.306 e. The lowest BCUT2D eigenvalue weighted by Crippen LogP contribution is -2.03. The van der Waals surface area contributed by atoms with Crippen LogP contribution in [0, 0.1) is 5.82 Å². The number of benzene rings is 1. The van der Waals surface area contributed by atoms with Crippen LogP contribution in [0.1, 0.15) is 17.7 Å². The van der Waals surface area contributed by atoms with E-state index in [0.29, 0.717) is 0 Å². The second kappa shape index (κ2) is 4.17. The molecule has 0 spiro atoms. The second-order valence-electron chi connectivity index (χ2n) is 2.56. The highest BCUT2D eigenvalue weighted by atomic mass is 35.5. The van der Waals surface area contributed by atoms with Crippen LogP contribution in [-0.2, 0) is 11.1 Å². The van der Waals surface area contributed by atoms with Gasteiger partial charge in [0.05, 0.1) is 10.3 Å². The Hall–Kier alpha value is -0.450. The number of hydrogen-bond donors (Lipinski definition) is 1. The molecule has 0 aliphatic rings. The Balaban J connectivity index is 3.15. The van der Waals surface area contributed by atoms with Gasteiger partial charge < -0.3 is 4.55 Å². The van der Waals surface area contributed by atoms with Crippen molar-refractivity contribution in [3.05, 3.63) is 34.6 Å². The molecule has 1 rings (SSSR count). The van der Waals surface area contributed by atoms with Crippen LogP contribution in [0.25, 0.3) is 0 Å². The summed E-state index contributed by atoms with van der Waals surface area (Å²) in [6.07, 6.45) is 0. The van der Waals surface area contributed by atoms with E-state index in [1.165, 1.54) is 19.1 Å². The molecule has 0 heterocycles. The van der Waals surface area contributed by atoms with Crippen LogP contribution in [0.2, 0.25) is 5.02 Å². The molecule has 2 atom stereocenters. The molecule has 0 aromatic heterocycles. The fourth-order valence-corrected chi connectivity index (χ4v) is 1.52. The fraction of sp³-hybridized carbons (Fsp3) is 0.250. The van der Waals surface area contributed by atoms with Crippen LogP contribution in [0.15, 0.2) is 18.2 Å². The Labute approximate surface area is 83.0 Å². The van der Waals surface area contributed by atoms with E-state index in [2.05, 4.69) is 0 Å². The molecular weight excluding hydrogens is 215 g/mol. The average Bonchev–Trinajstić information content (AvgIpc) is 2.08. The van der Waals surface area contributed by atoms with Gasteiger partial charge in [0.2, 0.25) is 0 Å². The Morgan fingerprint density at radius 1 is 1.62 bits per heavy atom. The minimum atomic E-state index is -2.08. The minimum absolute atomic E-state index is 0.0326. The van der Waals surface area contributed by atoms with E-state index in [9.17, 15) is 8.60 Å². The van der Waals surface area contributed by atoms with Crippen molar-refractivity contribution < 1.29 is 13.2 Å². The van der Waals surface area contributed by atoms with E-state index >= 15 is 0 Å². The molecule has 72 valence electrons. The van der Waals surface area contributed by atoms with Gasteiger partial charge in [0.15, 0.2) is 11.1 Å². The van der Waals surface area contributed by atoms with Crippen molar-refractivity contribution in [2.75, 3.05) is 0 Å². The van der Waals surface area contributed by atoms with Gasteiger partial charge in [0.1, 0.15) is 5.82 Å². The molecule has 0 aliphatic carbocycles. The van der Waals surface area contributed by atoms with E-state index in [1.54, 1.807) is 6.07 Å². The summed E-state index contributed by atoms with van der Waals surface area (Å²) in [5.41, 5.74) is 0.160. The van der Waals surface area contributed by atoms with Crippen molar-refractivity contribution in [3.63, 3.8) is 0 Å². The van der Waals surface area contributed by atoms with Gasteiger partial charge in [-0.05, 0) is 13.0 Å². The molecule has 0 amide bonds. The molecule has 1 N–H and O–H groups in total. The van der Waals surface area contributed by atoms with Crippen molar-refractivity contribution in [2.45, 2.75) is 12.2 Å². The maximum Gasteiger partial charge on any atom is 0.160 e. The zero-order valence-electron chi connectivity index (χ0n) is 6.83. The molecule has 0 saturated carbocycles. The molecule has 0 radical (unpaired) electrons. The summed E-state index contributed by atoms with van der Waals surface area (Å²) in [6, 6.07) is 4.39. The van der Waals surface area contributed by atoms with Crippen molar-refractivity contribution in [1.82, 2.24) is 0 Å². The van der Waals surface area contributed by atoms with Crippen LogP contribution in [0.3, 0.4) is 0 Å². The first kappa shape index (κ1) is 10.6. The zero-order chi connectivity index (χ0) is 10.0. The lowest BCUT2D eigenvalue weighted by Gasteiger charge is -2.08. The molecule has 2 nitrogen and oxygen atoms in total. The topological polar surface area (TPSA) is 37.3 Å². The third kappa shape index (κ3) is 2.27. The van der Waals surface area contributed by atoms with Crippen LogP contribution in [0.5, 0.6) is 0 Å². The molecule has 0 saturated heterocycles. The SMILES string of the molecule is CC(c1cccc(Cl)c1F)S(=O)O. The first-order valence-corrected chi connectivity index (χ1v) is 5.12. The van der Waals surface area contributed by atoms with E-state index in [0.717, 1.165) is 0 Å². The lowest BCUT2D eigenvalue weighted by molar-refractivity contribution is 0.546. The highest BCUT2D eigenvalue weighted by Crippen LogP contribution is 2.25. The van der Waals surface area contributed by atoms with E-state index in [1.807, 2.05) is 0 Å². The highest BCUT2D eigenvalue weighted by molar-refractivity contribution is 7.79. The Kier molecular flexibility index (Phi) is 3.41. The maximum absolute atomic E-state index is 13.2. The van der Waals surface area contributed by atoms with Gasteiger partial charge in [-0.1, -0.05) is 23.7 Å². The smallest absolute Gasteiger partial charge is 0.160 e. The predicted octanol–water partition coefficient (Wildman–Crippen LogP) is 2.76. The molecular formula is C8H8ClFO2S. The van der Waals surface area contributed by atoms with E-state index in [4.69, 9.17) is 16.2 Å². The molecule has 0 fully saturated rings. The first-order valence-electron chi connectivity index (χ1n) is 3.57. The predicted molar refractivity (Wildman–Crippen MR) is 50.6 cm³/mol. The lowest BCUT2D eigenvalue weighted by atomic mass is 10.1. The van der Waals surface area contributed by atoms with Gasteiger partial charge in [-0.3, -0.25) is 0 Å². The summed E-state index contributed by atoms with van der Waals surface area (Å²) >= 11 is 3.43. The fourth-order valence-electron chi connectivity index (χ4n) is 0.943.